The maximum Gasteiger partial charge on any atom is 0.292 e. The standard InChI is InChI=1S/C11H11N3O2/c1-7-2-5-10(13-6-7)14-11(15)8-3-4-9(12)16-8/h2-6H,12H2,1H3,(H,13,14,15). The van der Waals surface area contributed by atoms with E-state index in [1.54, 1.807) is 12.3 Å². The van der Waals surface area contributed by atoms with Crippen molar-refractivity contribution >= 4 is 17.6 Å². The molecule has 16 heavy (non-hydrogen) atoms. The number of aromatic nitrogens is 1. The van der Waals surface area contributed by atoms with Crippen LogP contribution in [0.1, 0.15) is 16.1 Å². The maximum atomic E-state index is 11.6. The van der Waals surface area contributed by atoms with E-state index in [0.29, 0.717) is 5.82 Å². The molecule has 0 radical (unpaired) electrons. The molecule has 0 bridgehead atoms. The van der Waals surface area contributed by atoms with Crippen molar-refractivity contribution in [3.8, 4) is 0 Å². The normalized spacial score (nSPS) is 10.1. The van der Waals surface area contributed by atoms with E-state index in [4.69, 9.17) is 10.2 Å². The molecule has 2 heterocycles. The minimum atomic E-state index is -0.368. The minimum Gasteiger partial charge on any atom is -0.436 e. The van der Waals surface area contributed by atoms with Gasteiger partial charge in [-0.05, 0) is 24.6 Å². The van der Waals surface area contributed by atoms with E-state index < -0.39 is 0 Å². The first-order valence-corrected chi connectivity index (χ1v) is 4.74. The Bertz CT molecular complexity index is 502. The van der Waals surface area contributed by atoms with Gasteiger partial charge in [-0.25, -0.2) is 4.98 Å². The summed E-state index contributed by atoms with van der Waals surface area (Å²) >= 11 is 0. The van der Waals surface area contributed by atoms with Gasteiger partial charge in [-0.3, -0.25) is 4.79 Å². The lowest BCUT2D eigenvalue weighted by Crippen LogP contribution is -2.11. The lowest BCUT2D eigenvalue weighted by Gasteiger charge is -2.01. The Morgan fingerprint density at radius 3 is 2.75 bits per heavy atom. The van der Waals surface area contributed by atoms with Crippen molar-refractivity contribution in [2.75, 3.05) is 11.1 Å². The first-order valence-electron chi connectivity index (χ1n) is 4.74. The van der Waals surface area contributed by atoms with Crippen molar-refractivity contribution in [1.29, 1.82) is 0 Å². The Balaban J connectivity index is 2.10. The topological polar surface area (TPSA) is 81.2 Å². The summed E-state index contributed by atoms with van der Waals surface area (Å²) in [6, 6.07) is 6.62. The van der Waals surface area contributed by atoms with Crippen molar-refractivity contribution < 1.29 is 9.21 Å². The highest BCUT2D eigenvalue weighted by atomic mass is 16.4. The molecule has 0 aliphatic rings. The first kappa shape index (κ1) is 10.2. The van der Waals surface area contributed by atoms with Crippen LogP contribution in [-0.4, -0.2) is 10.9 Å². The van der Waals surface area contributed by atoms with Crippen LogP contribution in [-0.2, 0) is 0 Å². The van der Waals surface area contributed by atoms with Gasteiger partial charge in [0.15, 0.2) is 11.6 Å². The zero-order valence-electron chi connectivity index (χ0n) is 8.73. The van der Waals surface area contributed by atoms with E-state index in [0.717, 1.165) is 5.56 Å². The molecule has 3 N–H and O–H groups in total. The number of pyridine rings is 1. The van der Waals surface area contributed by atoms with Crippen molar-refractivity contribution in [2.45, 2.75) is 6.92 Å². The largest absolute Gasteiger partial charge is 0.436 e. The summed E-state index contributed by atoms with van der Waals surface area (Å²) in [4.78, 5) is 15.7. The third-order valence-corrected chi connectivity index (χ3v) is 2.00. The van der Waals surface area contributed by atoms with Crippen LogP contribution < -0.4 is 11.1 Å². The fourth-order valence-electron chi connectivity index (χ4n) is 1.19. The number of nitrogens with one attached hydrogen (secondary N) is 1. The second-order valence-corrected chi connectivity index (χ2v) is 3.38. The molecule has 2 aromatic heterocycles. The molecule has 5 heteroatoms. The molecule has 2 rings (SSSR count). The summed E-state index contributed by atoms with van der Waals surface area (Å²) in [5.74, 6) is 0.487. The average molecular weight is 217 g/mol. The van der Waals surface area contributed by atoms with Crippen LogP contribution in [0.15, 0.2) is 34.9 Å². The number of nitrogens with two attached hydrogens (primary N) is 1. The summed E-state index contributed by atoms with van der Waals surface area (Å²) in [6.07, 6.45) is 1.67. The van der Waals surface area contributed by atoms with Gasteiger partial charge in [0.1, 0.15) is 5.82 Å². The van der Waals surface area contributed by atoms with Gasteiger partial charge >= 0.3 is 0 Å². The molecule has 2 aromatic rings. The third kappa shape index (κ3) is 2.20. The van der Waals surface area contributed by atoms with E-state index in [1.165, 1.54) is 12.1 Å². The Labute approximate surface area is 92.3 Å². The van der Waals surface area contributed by atoms with Crippen LogP contribution in [0.25, 0.3) is 0 Å². The van der Waals surface area contributed by atoms with E-state index in [1.807, 2.05) is 13.0 Å². The number of rotatable bonds is 2. The van der Waals surface area contributed by atoms with E-state index >= 15 is 0 Å². The van der Waals surface area contributed by atoms with E-state index in [2.05, 4.69) is 10.3 Å². The second-order valence-electron chi connectivity index (χ2n) is 3.38. The van der Waals surface area contributed by atoms with Gasteiger partial charge in [-0.2, -0.15) is 0 Å². The lowest BCUT2D eigenvalue weighted by atomic mass is 10.3. The summed E-state index contributed by atoms with van der Waals surface area (Å²) in [5, 5.41) is 2.60. The van der Waals surface area contributed by atoms with Gasteiger partial charge < -0.3 is 15.5 Å². The molecular formula is C11H11N3O2. The highest BCUT2D eigenvalue weighted by molar-refractivity contribution is 6.01. The molecule has 0 fully saturated rings. The predicted molar refractivity (Wildman–Crippen MR) is 60.0 cm³/mol. The molecule has 0 unspecified atom stereocenters. The van der Waals surface area contributed by atoms with Crippen molar-refractivity contribution in [3.63, 3.8) is 0 Å². The van der Waals surface area contributed by atoms with Crippen molar-refractivity contribution in [3.05, 3.63) is 41.8 Å². The number of anilines is 2. The summed E-state index contributed by atoms with van der Waals surface area (Å²) < 4.78 is 4.98. The van der Waals surface area contributed by atoms with Crippen LogP contribution in [0.2, 0.25) is 0 Å². The Hall–Kier alpha value is -2.30. The number of hydrogen-bond donors (Lipinski definition) is 2. The molecular weight excluding hydrogens is 206 g/mol. The lowest BCUT2D eigenvalue weighted by molar-refractivity contribution is 0.0997. The number of furan rings is 1. The maximum absolute atomic E-state index is 11.6. The Kier molecular flexibility index (Phi) is 2.59. The monoisotopic (exact) mass is 217 g/mol. The Morgan fingerprint density at radius 1 is 1.38 bits per heavy atom. The summed E-state index contributed by atoms with van der Waals surface area (Å²) in [7, 11) is 0. The smallest absolute Gasteiger partial charge is 0.292 e. The van der Waals surface area contributed by atoms with Gasteiger partial charge in [0.2, 0.25) is 0 Å². The zero-order chi connectivity index (χ0) is 11.5. The number of aryl methyl sites for hydroxylation is 1. The molecule has 0 saturated heterocycles. The van der Waals surface area contributed by atoms with Crippen LogP contribution in [0, 0.1) is 6.92 Å². The second kappa shape index (κ2) is 4.06. The van der Waals surface area contributed by atoms with Gasteiger partial charge in [-0.15, -0.1) is 0 Å². The molecule has 1 amide bonds. The third-order valence-electron chi connectivity index (χ3n) is 2.00. The van der Waals surface area contributed by atoms with Gasteiger partial charge in [-0.1, -0.05) is 6.07 Å². The first-order chi connectivity index (χ1) is 7.65. The Morgan fingerprint density at radius 2 is 2.19 bits per heavy atom. The van der Waals surface area contributed by atoms with E-state index in [-0.39, 0.29) is 17.6 Å². The van der Waals surface area contributed by atoms with Crippen molar-refractivity contribution in [2.24, 2.45) is 0 Å². The predicted octanol–water partition coefficient (Wildman–Crippen LogP) is 1.82. The molecule has 82 valence electrons. The number of carbonyl (C=O) groups is 1. The minimum absolute atomic E-state index is 0.167. The number of hydrogen-bond acceptors (Lipinski definition) is 4. The fraction of sp³-hybridized carbons (Fsp3) is 0.0909. The molecule has 0 spiro atoms. The molecule has 0 atom stereocenters. The molecule has 0 aliphatic carbocycles. The SMILES string of the molecule is Cc1ccc(NC(=O)c2ccc(N)o2)nc1. The van der Waals surface area contributed by atoms with Crippen LogP contribution >= 0.6 is 0 Å². The average Bonchev–Trinajstić information content (AvgIpc) is 2.68. The summed E-state index contributed by atoms with van der Waals surface area (Å²) in [6.45, 7) is 1.92. The number of carbonyl (C=O) groups excluding carboxylic acids is 1. The number of nitrogens with zero attached hydrogens (tertiary/aromatic N) is 1. The van der Waals surface area contributed by atoms with Crippen molar-refractivity contribution in [1.82, 2.24) is 4.98 Å². The molecule has 0 saturated carbocycles. The van der Waals surface area contributed by atoms with Crippen LogP contribution in [0.4, 0.5) is 11.7 Å². The fourth-order valence-corrected chi connectivity index (χ4v) is 1.19. The zero-order valence-corrected chi connectivity index (χ0v) is 8.73. The molecule has 0 aliphatic heterocycles. The van der Waals surface area contributed by atoms with Gasteiger partial charge in [0.25, 0.3) is 5.91 Å². The van der Waals surface area contributed by atoms with Crippen LogP contribution in [0.3, 0.4) is 0 Å². The number of nitrogen functional groups attached to an aromatic ring is 1. The molecule has 5 nitrogen and oxygen atoms in total. The van der Waals surface area contributed by atoms with Gasteiger partial charge in [0, 0.05) is 12.3 Å². The van der Waals surface area contributed by atoms with Crippen LogP contribution in [0.5, 0.6) is 0 Å². The summed E-state index contributed by atoms with van der Waals surface area (Å²) in [5.41, 5.74) is 6.40. The van der Waals surface area contributed by atoms with E-state index in [9.17, 15) is 4.79 Å². The number of amides is 1. The molecule has 0 aromatic carbocycles. The highest BCUT2D eigenvalue weighted by Crippen LogP contribution is 2.11. The quantitative estimate of drug-likeness (QED) is 0.803. The van der Waals surface area contributed by atoms with Gasteiger partial charge in [0.05, 0.1) is 0 Å². The highest BCUT2D eigenvalue weighted by Gasteiger charge is 2.10.